The van der Waals surface area contributed by atoms with Crippen molar-refractivity contribution in [3.05, 3.63) is 11.8 Å². The number of allylic oxidation sites excluding steroid dienone is 1. The number of hydrogen-bond donors (Lipinski definition) is 0. The Morgan fingerprint density at radius 1 is 1.50 bits per heavy atom. The molecule has 0 amide bonds. The monoisotopic (exact) mass is 167 g/mol. The molecule has 0 unspecified atom stereocenters. The van der Waals surface area contributed by atoms with E-state index in [0.717, 1.165) is 6.42 Å². The Kier molecular flexibility index (Phi) is 5.00. The second-order valence-electron chi connectivity index (χ2n) is 2.81. The predicted molar refractivity (Wildman–Crippen MR) is 54.7 cm³/mol. The largest absolute Gasteiger partial charge is 0.347 e. The third kappa shape index (κ3) is 3.91. The molecule has 12 heavy (non-hydrogen) atoms. The maximum atomic E-state index is 4.16. The fraction of sp³-hybridized carbons (Fsp3) is 0.556. The summed E-state index contributed by atoms with van der Waals surface area (Å²) in [6.07, 6.45) is 2.84. The van der Waals surface area contributed by atoms with Crippen LogP contribution in [0.25, 0.3) is 0 Å². The van der Waals surface area contributed by atoms with Crippen molar-refractivity contribution in [2.24, 2.45) is 9.98 Å². The number of hydrogen-bond acceptors (Lipinski definition) is 1. The van der Waals surface area contributed by atoms with Crippen molar-refractivity contribution in [2.75, 3.05) is 14.1 Å². The van der Waals surface area contributed by atoms with Gasteiger partial charge in [0.05, 0.1) is 0 Å². The van der Waals surface area contributed by atoms with Gasteiger partial charge in [0.1, 0.15) is 0 Å². The first-order chi connectivity index (χ1) is 5.61. The Balaban J connectivity index is 4.40. The summed E-state index contributed by atoms with van der Waals surface area (Å²) in [6.45, 7) is 7.57. The van der Waals surface area contributed by atoms with Crippen LogP contribution in [0.2, 0.25) is 0 Å². The molecular formula is C9H17N3. The molecule has 68 valence electrons. The molecule has 0 radical (unpaired) electrons. The summed E-state index contributed by atoms with van der Waals surface area (Å²) < 4.78 is 0. The minimum atomic E-state index is 0.641. The first kappa shape index (κ1) is 10.9. The van der Waals surface area contributed by atoms with Crippen molar-refractivity contribution >= 4 is 12.7 Å². The van der Waals surface area contributed by atoms with Gasteiger partial charge in [-0.2, -0.15) is 0 Å². The minimum absolute atomic E-state index is 0.641. The summed E-state index contributed by atoms with van der Waals surface area (Å²) in [6, 6.07) is 0. The Morgan fingerprint density at radius 3 is 2.42 bits per heavy atom. The highest BCUT2D eigenvalue weighted by Gasteiger charge is 1.93. The van der Waals surface area contributed by atoms with Gasteiger partial charge < -0.3 is 4.90 Å². The Bertz CT molecular complexity index is 202. The van der Waals surface area contributed by atoms with Crippen LogP contribution in [0.4, 0.5) is 0 Å². The van der Waals surface area contributed by atoms with E-state index in [1.807, 2.05) is 32.1 Å². The molecule has 0 fully saturated rings. The molecule has 0 aromatic rings. The average molecular weight is 167 g/mol. The highest BCUT2D eigenvalue weighted by Crippen LogP contribution is 1.98. The zero-order chi connectivity index (χ0) is 9.56. The van der Waals surface area contributed by atoms with E-state index in [1.54, 1.807) is 0 Å². The molecule has 0 aliphatic rings. The molecule has 0 aromatic carbocycles. The van der Waals surface area contributed by atoms with Gasteiger partial charge in [0, 0.05) is 20.3 Å². The molecule has 0 heterocycles. The van der Waals surface area contributed by atoms with E-state index in [-0.39, 0.29) is 0 Å². The quantitative estimate of drug-likeness (QED) is 0.456. The molecule has 3 heteroatoms. The first-order valence-corrected chi connectivity index (χ1v) is 3.99. The molecule has 0 aromatic heterocycles. The summed E-state index contributed by atoms with van der Waals surface area (Å²) in [7, 11) is 3.78. The molecule has 0 saturated heterocycles. The highest BCUT2D eigenvalue weighted by atomic mass is 15.2. The van der Waals surface area contributed by atoms with E-state index in [2.05, 4.69) is 23.6 Å². The van der Waals surface area contributed by atoms with Gasteiger partial charge in [0.15, 0.2) is 0 Å². The van der Waals surface area contributed by atoms with Crippen molar-refractivity contribution in [1.82, 2.24) is 4.90 Å². The van der Waals surface area contributed by atoms with E-state index in [0.29, 0.717) is 5.96 Å². The van der Waals surface area contributed by atoms with Gasteiger partial charge >= 0.3 is 0 Å². The van der Waals surface area contributed by atoms with Crippen LogP contribution < -0.4 is 0 Å². The average Bonchev–Trinajstić information content (AvgIpc) is 2.04. The predicted octanol–water partition coefficient (Wildman–Crippen LogP) is 1.92. The zero-order valence-electron chi connectivity index (χ0n) is 8.33. The summed E-state index contributed by atoms with van der Waals surface area (Å²) in [5, 5.41) is 0. The lowest BCUT2D eigenvalue weighted by atomic mass is 10.3. The van der Waals surface area contributed by atoms with Crippen molar-refractivity contribution in [3.63, 3.8) is 0 Å². The van der Waals surface area contributed by atoms with Gasteiger partial charge in [0.2, 0.25) is 5.96 Å². The SMILES string of the molecule is C=NC(=N/C=C(\C)CC)N(C)C. The van der Waals surface area contributed by atoms with Crippen LogP contribution in [0, 0.1) is 0 Å². The van der Waals surface area contributed by atoms with Crippen LogP contribution >= 0.6 is 0 Å². The van der Waals surface area contributed by atoms with Crippen molar-refractivity contribution < 1.29 is 0 Å². The third-order valence-electron chi connectivity index (χ3n) is 1.50. The number of guanidine groups is 1. The standard InChI is InChI=1S/C9H17N3/c1-6-8(2)7-11-9(10-3)12(4)5/h7H,3,6H2,1-2,4-5H3/b8-7+,11-9?. The lowest BCUT2D eigenvalue weighted by Gasteiger charge is -2.08. The lowest BCUT2D eigenvalue weighted by molar-refractivity contribution is 0.615. The number of rotatable bonds is 2. The molecule has 0 atom stereocenters. The Labute approximate surface area is 74.5 Å². The number of nitrogens with zero attached hydrogens (tertiary/aromatic N) is 3. The first-order valence-electron chi connectivity index (χ1n) is 3.99. The summed E-state index contributed by atoms with van der Waals surface area (Å²) in [5.74, 6) is 0.641. The van der Waals surface area contributed by atoms with E-state index >= 15 is 0 Å². The third-order valence-corrected chi connectivity index (χ3v) is 1.50. The smallest absolute Gasteiger partial charge is 0.224 e. The summed E-state index contributed by atoms with van der Waals surface area (Å²) >= 11 is 0. The van der Waals surface area contributed by atoms with Gasteiger partial charge in [-0.25, -0.2) is 9.98 Å². The van der Waals surface area contributed by atoms with Gasteiger partial charge in [0.25, 0.3) is 0 Å². The fourth-order valence-corrected chi connectivity index (χ4v) is 0.557. The molecule has 0 rings (SSSR count). The van der Waals surface area contributed by atoms with Crippen LogP contribution in [0.1, 0.15) is 20.3 Å². The second kappa shape index (κ2) is 5.52. The molecule has 0 aliphatic heterocycles. The van der Waals surface area contributed by atoms with E-state index in [9.17, 15) is 0 Å². The second-order valence-corrected chi connectivity index (χ2v) is 2.81. The molecule has 0 bridgehead atoms. The number of aliphatic imine (C=N–C) groups is 2. The van der Waals surface area contributed by atoms with Gasteiger partial charge in [-0.1, -0.05) is 12.5 Å². The Hall–Kier alpha value is -1.12. The molecule has 0 saturated carbocycles. The Morgan fingerprint density at radius 2 is 2.08 bits per heavy atom. The molecular weight excluding hydrogens is 150 g/mol. The van der Waals surface area contributed by atoms with Crippen LogP contribution in [0.5, 0.6) is 0 Å². The van der Waals surface area contributed by atoms with E-state index < -0.39 is 0 Å². The normalized spacial score (nSPS) is 13.0. The summed E-state index contributed by atoms with van der Waals surface area (Å²) in [4.78, 5) is 9.76. The van der Waals surface area contributed by atoms with Gasteiger partial charge in [-0.15, -0.1) is 0 Å². The molecule has 0 N–H and O–H groups in total. The highest BCUT2D eigenvalue weighted by molar-refractivity contribution is 5.84. The van der Waals surface area contributed by atoms with Crippen molar-refractivity contribution in [3.8, 4) is 0 Å². The van der Waals surface area contributed by atoms with Crippen LogP contribution in [0.15, 0.2) is 21.8 Å². The van der Waals surface area contributed by atoms with Crippen molar-refractivity contribution in [2.45, 2.75) is 20.3 Å². The molecule has 0 aliphatic carbocycles. The van der Waals surface area contributed by atoms with Gasteiger partial charge in [-0.3, -0.25) is 0 Å². The van der Waals surface area contributed by atoms with E-state index in [4.69, 9.17) is 0 Å². The maximum Gasteiger partial charge on any atom is 0.224 e. The molecule has 0 spiro atoms. The van der Waals surface area contributed by atoms with Crippen LogP contribution in [-0.2, 0) is 0 Å². The van der Waals surface area contributed by atoms with E-state index in [1.165, 1.54) is 5.57 Å². The zero-order valence-corrected chi connectivity index (χ0v) is 8.33. The van der Waals surface area contributed by atoms with Crippen LogP contribution in [-0.4, -0.2) is 31.7 Å². The fourth-order valence-electron chi connectivity index (χ4n) is 0.557. The van der Waals surface area contributed by atoms with Crippen LogP contribution in [0.3, 0.4) is 0 Å². The maximum absolute atomic E-state index is 4.16. The van der Waals surface area contributed by atoms with Gasteiger partial charge in [-0.05, 0) is 20.1 Å². The van der Waals surface area contributed by atoms with Crippen molar-refractivity contribution in [1.29, 1.82) is 0 Å². The molecule has 3 nitrogen and oxygen atoms in total. The topological polar surface area (TPSA) is 28.0 Å². The summed E-state index contributed by atoms with van der Waals surface area (Å²) in [5.41, 5.74) is 1.23. The minimum Gasteiger partial charge on any atom is -0.347 e. The lowest BCUT2D eigenvalue weighted by Crippen LogP contribution is -2.18.